The molecule has 0 saturated carbocycles. The van der Waals surface area contributed by atoms with Gasteiger partial charge >= 0.3 is 5.97 Å². The first kappa shape index (κ1) is 13.6. The molecule has 0 amide bonds. The summed E-state index contributed by atoms with van der Waals surface area (Å²) in [6, 6.07) is 14.2. The predicted octanol–water partition coefficient (Wildman–Crippen LogP) is 3.65. The van der Waals surface area contributed by atoms with E-state index in [4.69, 9.17) is 5.26 Å². The summed E-state index contributed by atoms with van der Waals surface area (Å²) >= 11 is 0. The first-order valence-corrected chi connectivity index (χ1v) is 6.13. The van der Waals surface area contributed by atoms with E-state index in [2.05, 4.69) is 6.58 Å². The average Bonchev–Trinajstić information content (AvgIpc) is 2.47. The van der Waals surface area contributed by atoms with Gasteiger partial charge in [-0.3, -0.25) is 0 Å². The summed E-state index contributed by atoms with van der Waals surface area (Å²) < 4.78 is 0. The van der Waals surface area contributed by atoms with E-state index in [-0.39, 0.29) is 5.56 Å². The number of nitrogens with zero attached hydrogens (tertiary/aromatic N) is 1. The van der Waals surface area contributed by atoms with Crippen molar-refractivity contribution in [2.24, 2.45) is 0 Å². The van der Waals surface area contributed by atoms with Crippen LogP contribution in [0.3, 0.4) is 0 Å². The molecule has 2 aromatic carbocycles. The summed E-state index contributed by atoms with van der Waals surface area (Å²) in [5.74, 6) is -0.963. The van der Waals surface area contributed by atoms with Crippen molar-refractivity contribution in [2.45, 2.75) is 6.42 Å². The Labute approximate surface area is 117 Å². The highest BCUT2D eigenvalue weighted by Gasteiger charge is 2.12. The van der Waals surface area contributed by atoms with Crippen molar-refractivity contribution in [3.63, 3.8) is 0 Å². The highest BCUT2D eigenvalue weighted by Crippen LogP contribution is 2.26. The quantitative estimate of drug-likeness (QED) is 0.856. The maximum absolute atomic E-state index is 11.3. The zero-order chi connectivity index (χ0) is 14.5. The second-order valence-electron chi connectivity index (χ2n) is 4.37. The Hall–Kier alpha value is -2.86. The highest BCUT2D eigenvalue weighted by molar-refractivity contribution is 5.96. The molecule has 0 aromatic heterocycles. The lowest BCUT2D eigenvalue weighted by Gasteiger charge is -2.09. The molecule has 2 rings (SSSR count). The maximum atomic E-state index is 11.3. The van der Waals surface area contributed by atoms with Gasteiger partial charge in [-0.05, 0) is 47.4 Å². The standard InChI is InChI=1S/C17H13NO2/c1-2-3-12-6-9-15(17(19)20)16(10-12)14-7-4-13(11-18)5-8-14/h2,4-10H,1,3H2,(H,19,20). The van der Waals surface area contributed by atoms with Gasteiger partial charge in [0.2, 0.25) is 0 Å². The van der Waals surface area contributed by atoms with Gasteiger partial charge < -0.3 is 5.11 Å². The second kappa shape index (κ2) is 5.85. The molecule has 1 N–H and O–H groups in total. The summed E-state index contributed by atoms with van der Waals surface area (Å²) in [4.78, 5) is 11.3. The van der Waals surface area contributed by atoms with E-state index >= 15 is 0 Å². The summed E-state index contributed by atoms with van der Waals surface area (Å²) in [6.07, 6.45) is 2.46. The molecule has 0 spiro atoms. The van der Waals surface area contributed by atoms with E-state index in [1.807, 2.05) is 12.1 Å². The molecule has 0 aliphatic carbocycles. The van der Waals surface area contributed by atoms with Gasteiger partial charge in [0.1, 0.15) is 0 Å². The number of carboxylic acid groups (broad SMARTS) is 1. The third-order valence-electron chi connectivity index (χ3n) is 3.02. The molecule has 20 heavy (non-hydrogen) atoms. The van der Waals surface area contributed by atoms with E-state index in [9.17, 15) is 9.90 Å². The van der Waals surface area contributed by atoms with Crippen LogP contribution in [0, 0.1) is 11.3 Å². The van der Waals surface area contributed by atoms with Gasteiger partial charge in [0.25, 0.3) is 0 Å². The number of nitriles is 1. The number of carbonyl (C=O) groups is 1. The number of rotatable bonds is 4. The minimum atomic E-state index is -0.963. The predicted molar refractivity (Wildman–Crippen MR) is 77.5 cm³/mol. The van der Waals surface area contributed by atoms with Gasteiger partial charge in [-0.15, -0.1) is 6.58 Å². The summed E-state index contributed by atoms with van der Waals surface area (Å²) in [7, 11) is 0. The lowest BCUT2D eigenvalue weighted by Crippen LogP contribution is -2.00. The number of hydrogen-bond donors (Lipinski definition) is 1. The smallest absolute Gasteiger partial charge is 0.336 e. The van der Waals surface area contributed by atoms with Crippen molar-refractivity contribution in [1.29, 1.82) is 5.26 Å². The van der Waals surface area contributed by atoms with Crippen molar-refractivity contribution in [1.82, 2.24) is 0 Å². The van der Waals surface area contributed by atoms with Crippen LogP contribution in [0.2, 0.25) is 0 Å². The van der Waals surface area contributed by atoms with Crippen molar-refractivity contribution < 1.29 is 9.90 Å². The fraction of sp³-hybridized carbons (Fsp3) is 0.0588. The van der Waals surface area contributed by atoms with E-state index in [0.29, 0.717) is 17.5 Å². The SMILES string of the molecule is C=CCc1ccc(C(=O)O)c(-c2ccc(C#N)cc2)c1. The largest absolute Gasteiger partial charge is 0.478 e. The van der Waals surface area contributed by atoms with Gasteiger partial charge in [-0.25, -0.2) is 4.79 Å². The molecule has 0 unspecified atom stereocenters. The second-order valence-corrected chi connectivity index (χ2v) is 4.37. The molecule has 98 valence electrons. The van der Waals surface area contributed by atoms with Crippen LogP contribution in [-0.4, -0.2) is 11.1 Å². The lowest BCUT2D eigenvalue weighted by atomic mass is 9.95. The van der Waals surface area contributed by atoms with Crippen molar-refractivity contribution in [3.8, 4) is 17.2 Å². The Bertz CT molecular complexity index is 694. The number of carboxylic acids is 1. The van der Waals surface area contributed by atoms with Gasteiger partial charge in [-0.1, -0.05) is 24.3 Å². The van der Waals surface area contributed by atoms with Gasteiger partial charge in [0.15, 0.2) is 0 Å². The molecule has 2 aromatic rings. The third kappa shape index (κ3) is 2.76. The summed E-state index contributed by atoms with van der Waals surface area (Å²) in [6.45, 7) is 3.69. The van der Waals surface area contributed by atoms with E-state index in [0.717, 1.165) is 11.1 Å². The Balaban J connectivity index is 2.56. The van der Waals surface area contributed by atoms with Gasteiger partial charge in [-0.2, -0.15) is 5.26 Å². The molecule has 0 aliphatic rings. The summed E-state index contributed by atoms with van der Waals surface area (Å²) in [5.41, 5.74) is 3.24. The topological polar surface area (TPSA) is 61.1 Å². The normalized spacial score (nSPS) is 9.75. The third-order valence-corrected chi connectivity index (χ3v) is 3.02. The van der Waals surface area contributed by atoms with Gasteiger partial charge in [0, 0.05) is 0 Å². The fourth-order valence-corrected chi connectivity index (χ4v) is 2.03. The Kier molecular flexibility index (Phi) is 3.97. The number of benzene rings is 2. The zero-order valence-corrected chi connectivity index (χ0v) is 10.8. The molecule has 3 nitrogen and oxygen atoms in total. The van der Waals surface area contributed by atoms with Crippen molar-refractivity contribution >= 4 is 5.97 Å². The minimum Gasteiger partial charge on any atom is -0.478 e. The zero-order valence-electron chi connectivity index (χ0n) is 10.8. The Morgan fingerprint density at radius 2 is 1.95 bits per heavy atom. The van der Waals surface area contributed by atoms with Crippen LogP contribution in [0.15, 0.2) is 55.1 Å². The number of hydrogen-bond acceptors (Lipinski definition) is 2. The van der Waals surface area contributed by atoms with Gasteiger partial charge in [0.05, 0.1) is 17.2 Å². The molecule has 0 radical (unpaired) electrons. The van der Waals surface area contributed by atoms with E-state index in [1.165, 1.54) is 0 Å². The average molecular weight is 263 g/mol. The van der Waals surface area contributed by atoms with Crippen molar-refractivity contribution in [3.05, 3.63) is 71.8 Å². The highest BCUT2D eigenvalue weighted by atomic mass is 16.4. The van der Waals surface area contributed by atoms with Crippen LogP contribution in [0.25, 0.3) is 11.1 Å². The minimum absolute atomic E-state index is 0.252. The van der Waals surface area contributed by atoms with Crippen LogP contribution >= 0.6 is 0 Å². The Morgan fingerprint density at radius 3 is 2.50 bits per heavy atom. The van der Waals surface area contributed by atoms with Crippen LogP contribution in [-0.2, 0) is 6.42 Å². The first-order chi connectivity index (χ1) is 9.65. The molecule has 0 saturated heterocycles. The fourth-order valence-electron chi connectivity index (χ4n) is 2.03. The molecule has 3 heteroatoms. The molecule has 0 heterocycles. The van der Waals surface area contributed by atoms with E-state index in [1.54, 1.807) is 42.5 Å². The van der Waals surface area contributed by atoms with E-state index < -0.39 is 5.97 Å². The monoisotopic (exact) mass is 263 g/mol. The lowest BCUT2D eigenvalue weighted by molar-refractivity contribution is 0.0697. The van der Waals surface area contributed by atoms with Crippen molar-refractivity contribution in [2.75, 3.05) is 0 Å². The number of aromatic carboxylic acids is 1. The van der Waals surface area contributed by atoms with Crippen LogP contribution in [0.5, 0.6) is 0 Å². The molecule has 0 atom stereocenters. The van der Waals surface area contributed by atoms with Crippen LogP contribution < -0.4 is 0 Å². The molecular weight excluding hydrogens is 250 g/mol. The van der Waals surface area contributed by atoms with Crippen LogP contribution in [0.4, 0.5) is 0 Å². The molecular formula is C17H13NO2. The summed E-state index contributed by atoms with van der Waals surface area (Å²) in [5, 5.41) is 18.1. The molecule has 0 bridgehead atoms. The first-order valence-electron chi connectivity index (χ1n) is 6.13. The number of allylic oxidation sites excluding steroid dienone is 1. The molecule has 0 fully saturated rings. The molecule has 0 aliphatic heterocycles. The Morgan fingerprint density at radius 1 is 1.25 bits per heavy atom. The van der Waals surface area contributed by atoms with Crippen LogP contribution in [0.1, 0.15) is 21.5 Å². The maximum Gasteiger partial charge on any atom is 0.336 e.